The maximum atomic E-state index is 14.4. The van der Waals surface area contributed by atoms with Crippen molar-refractivity contribution in [1.82, 2.24) is 0 Å². The number of hydrogen-bond acceptors (Lipinski definition) is 7. The van der Waals surface area contributed by atoms with Gasteiger partial charge in [-0.25, -0.2) is 0 Å². The van der Waals surface area contributed by atoms with Gasteiger partial charge in [-0.2, -0.15) is 4.58 Å². The normalized spacial score (nSPS) is 22.5. The molecule has 0 spiro atoms. The fourth-order valence-corrected chi connectivity index (χ4v) is 15.7. The molecule has 8 nitrogen and oxygen atoms in total. The van der Waals surface area contributed by atoms with Crippen molar-refractivity contribution in [2.24, 2.45) is 0 Å². The third kappa shape index (κ3) is 9.73. The van der Waals surface area contributed by atoms with Crippen LogP contribution in [0.15, 0.2) is 161 Å². The minimum atomic E-state index is -0.477. The summed E-state index contributed by atoms with van der Waals surface area (Å²) < 4.78 is 2.35. The molecule has 1 aromatic heterocycles. The Morgan fingerprint density at radius 2 is 1.15 bits per heavy atom. The predicted octanol–water partition coefficient (Wildman–Crippen LogP) is 14.5. The second kappa shape index (κ2) is 22.6. The number of hydrogen-bond donors (Lipinski definition) is 1. The van der Waals surface area contributed by atoms with Gasteiger partial charge in [-0.05, 0) is 150 Å². The van der Waals surface area contributed by atoms with Gasteiger partial charge in [-0.15, -0.1) is 11.3 Å². The summed E-state index contributed by atoms with van der Waals surface area (Å²) in [6, 6.07) is 33.1. The van der Waals surface area contributed by atoms with E-state index in [9.17, 15) is 19.8 Å². The van der Waals surface area contributed by atoms with Crippen LogP contribution in [0.2, 0.25) is 0 Å². The fraction of sp³-hybridized carbons (Fsp3) is 0.427. The number of carbonyl (C=O) groups is 2. The Labute approximate surface area is 505 Å². The van der Waals surface area contributed by atoms with Crippen molar-refractivity contribution < 1.29 is 29.3 Å². The van der Waals surface area contributed by atoms with Crippen molar-refractivity contribution in [1.29, 1.82) is 0 Å². The zero-order valence-electron chi connectivity index (χ0n) is 52.3. The van der Waals surface area contributed by atoms with Crippen LogP contribution in [0.3, 0.4) is 0 Å². The average Bonchev–Trinajstić information content (AvgIpc) is 2.39. The highest BCUT2D eigenvalue weighted by molar-refractivity contribution is 7.18. The van der Waals surface area contributed by atoms with E-state index in [1.54, 1.807) is 11.3 Å². The zero-order valence-corrected chi connectivity index (χ0v) is 53.1. The van der Waals surface area contributed by atoms with Crippen LogP contribution < -0.4 is 24.9 Å². The number of benzene rings is 4. The first-order valence-corrected chi connectivity index (χ1v) is 32.4. The Morgan fingerprint density at radius 1 is 0.583 bits per heavy atom. The molecule has 2 unspecified atom stereocenters. The Bertz CT molecular complexity index is 3730. The summed E-state index contributed by atoms with van der Waals surface area (Å²) in [5.41, 5.74) is 15.7. The van der Waals surface area contributed by atoms with Crippen molar-refractivity contribution in [2.45, 2.75) is 182 Å². The first kappa shape index (κ1) is 58.9. The minimum absolute atomic E-state index is 0.0943. The van der Waals surface area contributed by atoms with E-state index >= 15 is 0 Å². The summed E-state index contributed by atoms with van der Waals surface area (Å²) in [5, 5.41) is 28.6. The molecule has 438 valence electrons. The van der Waals surface area contributed by atoms with E-state index in [0.717, 1.165) is 110 Å². The number of ketones is 2. The predicted molar refractivity (Wildman–Crippen MR) is 344 cm³/mol. The first-order valence-electron chi connectivity index (χ1n) is 31.6. The molecule has 0 saturated heterocycles. The SMILES string of the molecule is CCCCCC[N+]1=C(/C=C2/C(=O)C(/C=C3\N(CC)c4ccc(-c5ccc(-c6ccc7c(c6)C(C)(C)C(/C=C6/C(=O)C(/C=C8\N(CCCC)c9ccc(C)cc9C8(C)C)=C6[O-])[NH+]7CCCCCC)s5)cc4C3(C)C)=C2[O-])C(C)(C)c2ccccc21. The average molecular weight is 1140 g/mol. The van der Waals surface area contributed by atoms with Crippen LogP contribution in [0.4, 0.5) is 22.7 Å². The maximum absolute atomic E-state index is 14.4. The largest absolute Gasteiger partial charge is 0.871 e. The highest BCUT2D eigenvalue weighted by atomic mass is 32.1. The van der Waals surface area contributed by atoms with Gasteiger partial charge in [0.1, 0.15) is 18.3 Å². The molecule has 2 atom stereocenters. The van der Waals surface area contributed by atoms with Crippen LogP contribution in [0.25, 0.3) is 20.9 Å². The third-order valence-corrected chi connectivity index (χ3v) is 21.0. The van der Waals surface area contributed by atoms with E-state index in [4.69, 9.17) is 0 Å². The second-order valence-electron chi connectivity index (χ2n) is 26.8. The van der Waals surface area contributed by atoms with Crippen LogP contribution in [0.1, 0.15) is 175 Å². The number of fused-ring (bicyclic) bond motifs is 4. The Morgan fingerprint density at radius 3 is 1.80 bits per heavy atom. The number of allylic oxidation sites excluding steroid dienone is 9. The van der Waals surface area contributed by atoms with Crippen molar-refractivity contribution in [2.75, 3.05) is 36.0 Å². The molecule has 0 amide bonds. The Kier molecular flexibility index (Phi) is 15.8. The van der Waals surface area contributed by atoms with Crippen LogP contribution >= 0.6 is 11.3 Å². The fourth-order valence-electron chi connectivity index (χ4n) is 14.7. The van der Waals surface area contributed by atoms with Gasteiger partial charge in [-0.3, -0.25) is 14.5 Å². The van der Waals surface area contributed by atoms with E-state index in [2.05, 4.69) is 195 Å². The molecule has 0 radical (unpaired) electrons. The molecule has 0 saturated carbocycles. The molecule has 0 fully saturated rings. The van der Waals surface area contributed by atoms with Crippen LogP contribution in [0.5, 0.6) is 0 Å². The maximum Gasteiger partial charge on any atom is 0.209 e. The Hall–Kier alpha value is -6.81. The number of carbonyl (C=O) groups excluding carboxylic acids is 2. The molecule has 4 aromatic carbocycles. The summed E-state index contributed by atoms with van der Waals surface area (Å²) in [4.78, 5) is 36.9. The molecule has 84 heavy (non-hydrogen) atoms. The molecule has 5 aromatic rings. The molecule has 11 rings (SSSR count). The number of rotatable bonds is 20. The van der Waals surface area contributed by atoms with E-state index in [1.807, 2.05) is 24.3 Å². The lowest BCUT2D eigenvalue weighted by atomic mass is 9.76. The van der Waals surface area contributed by atoms with Crippen molar-refractivity contribution in [3.8, 4) is 20.9 Å². The van der Waals surface area contributed by atoms with Gasteiger partial charge in [0.25, 0.3) is 0 Å². The number of para-hydroxylation sites is 1. The molecular formula is C75H88N4O4S. The van der Waals surface area contributed by atoms with Crippen molar-refractivity contribution >= 4 is 51.4 Å². The molecule has 0 bridgehead atoms. The van der Waals surface area contributed by atoms with Crippen LogP contribution in [-0.4, -0.2) is 54.1 Å². The molecule has 2 aliphatic carbocycles. The summed E-state index contributed by atoms with van der Waals surface area (Å²) in [6.45, 7) is 32.1. The van der Waals surface area contributed by atoms with Gasteiger partial charge in [0.15, 0.2) is 17.3 Å². The van der Waals surface area contributed by atoms with Gasteiger partial charge in [0, 0.05) is 114 Å². The number of anilines is 2. The summed E-state index contributed by atoms with van der Waals surface area (Å²) in [6.07, 6.45) is 18.9. The number of aryl methyl sites for hydroxylation is 1. The van der Waals surface area contributed by atoms with Crippen molar-refractivity contribution in [3.63, 3.8) is 0 Å². The quantitative estimate of drug-likeness (QED) is 0.0474. The number of unbranched alkanes of at least 4 members (excludes halogenated alkanes) is 7. The van der Waals surface area contributed by atoms with Crippen molar-refractivity contribution in [3.05, 3.63) is 188 Å². The molecule has 9 heteroatoms. The topological polar surface area (TPSA) is 94.2 Å². The van der Waals surface area contributed by atoms with Gasteiger partial charge in [-0.1, -0.05) is 134 Å². The molecule has 4 aliphatic heterocycles. The van der Waals surface area contributed by atoms with E-state index in [-0.39, 0.29) is 56.5 Å². The van der Waals surface area contributed by atoms with Gasteiger partial charge in [0.2, 0.25) is 5.69 Å². The monoisotopic (exact) mass is 1140 g/mol. The molecular weight excluding hydrogens is 1050 g/mol. The molecule has 6 aliphatic rings. The number of thiophene rings is 1. The smallest absolute Gasteiger partial charge is 0.209 e. The zero-order chi connectivity index (χ0) is 59.8. The van der Waals surface area contributed by atoms with E-state index in [0.29, 0.717) is 17.7 Å². The highest BCUT2D eigenvalue weighted by Crippen LogP contribution is 2.53. The first-order chi connectivity index (χ1) is 40.1. The van der Waals surface area contributed by atoms with Crippen LogP contribution in [-0.2, 0) is 31.2 Å². The Balaban J connectivity index is 0.864. The minimum Gasteiger partial charge on any atom is -0.871 e. The van der Waals surface area contributed by atoms with Gasteiger partial charge in [0.05, 0.1) is 17.4 Å². The molecule has 5 heterocycles. The number of Topliss-reactive ketones (excluding diaryl/α,β-unsaturated/α-hetero) is 2. The highest BCUT2D eigenvalue weighted by Gasteiger charge is 2.50. The number of nitrogens with one attached hydrogen (secondary N) is 1. The lowest BCUT2D eigenvalue weighted by molar-refractivity contribution is -0.850. The van der Waals surface area contributed by atoms with Gasteiger partial charge >= 0.3 is 0 Å². The summed E-state index contributed by atoms with van der Waals surface area (Å²) in [5.74, 6) is -0.642. The lowest BCUT2D eigenvalue weighted by Gasteiger charge is -2.35. The number of likely N-dealkylation sites (N-methyl/N-ethyl adjacent to an activating group) is 1. The second-order valence-corrected chi connectivity index (χ2v) is 27.9. The van der Waals surface area contributed by atoms with Crippen LogP contribution in [0, 0.1) is 6.92 Å². The molecule has 1 N–H and O–H groups in total. The van der Waals surface area contributed by atoms with E-state index < -0.39 is 5.41 Å². The summed E-state index contributed by atoms with van der Waals surface area (Å²) in [7, 11) is 0. The van der Waals surface area contributed by atoms with E-state index in [1.165, 1.54) is 67.5 Å². The number of quaternary nitrogens is 1. The summed E-state index contributed by atoms with van der Waals surface area (Å²) >= 11 is 1.78. The third-order valence-electron chi connectivity index (χ3n) is 19.8. The number of nitrogens with zero attached hydrogens (tertiary/aromatic N) is 3. The standard InChI is InChI=1S/C75H88N4O4S/c1-14-18-21-25-38-78-58-28-24-23-27-54(58)72(6,7)65(78)44-51-68(80)50(69(51)81)43-64-74(10,11)56-41-48(30-33-59(56)76(64)17-4)62-35-36-63(84-62)49-31-34-61-57(42-49)75(12,13)67(79(61)39-26-22-19-15-2)46-53-70(82)52(71(53)83)45-66-73(8,9)55-40-47(5)29-32-60(55)77(66)37-20-16-3/h23-24,27-36,40-46,67H,14-22,25-26,37-39H2,1-13H3,(H-,80,81,82,83)/b66-45-. The van der Waals surface area contributed by atoms with Gasteiger partial charge < -0.3 is 20.0 Å². The lowest BCUT2D eigenvalue weighted by Crippen LogP contribution is -3.10.